The molecule has 3 nitrogen and oxygen atoms in total. The van der Waals surface area contributed by atoms with E-state index in [4.69, 9.17) is 16.9 Å². The van der Waals surface area contributed by atoms with E-state index < -0.39 is 0 Å². The second kappa shape index (κ2) is 6.03. The third-order valence-corrected chi connectivity index (χ3v) is 4.62. The van der Waals surface area contributed by atoms with Gasteiger partial charge in [0.2, 0.25) is 0 Å². The maximum absolute atomic E-state index is 8.98. The van der Waals surface area contributed by atoms with E-state index in [-0.39, 0.29) is 0 Å². The molecule has 2 aliphatic rings. The first-order valence-electron chi connectivity index (χ1n) is 7.45. The molecule has 1 saturated heterocycles. The monoisotopic (exact) mass is 289 g/mol. The lowest BCUT2D eigenvalue weighted by Crippen LogP contribution is -2.37. The van der Waals surface area contributed by atoms with E-state index in [1.807, 2.05) is 18.2 Å². The lowest BCUT2D eigenvalue weighted by molar-refractivity contribution is 0.372. The summed E-state index contributed by atoms with van der Waals surface area (Å²) in [5, 5.41) is 13.0. The molecule has 0 atom stereocenters. The molecule has 0 amide bonds. The average molecular weight is 290 g/mol. The zero-order chi connectivity index (χ0) is 13.9. The lowest BCUT2D eigenvalue weighted by atomic mass is 9.97. The Morgan fingerprint density at radius 1 is 1.25 bits per heavy atom. The lowest BCUT2D eigenvalue weighted by Gasteiger charge is -2.32. The molecule has 106 valence electrons. The molecule has 3 rings (SSSR count). The standard InChI is InChI=1S/C16H20ClN3/c17-16-9-15(2-1-13(16)10-18)20(14-3-4-14)11-12-5-7-19-8-6-12/h1-2,9,12,14,19H,3-8,11H2. The fourth-order valence-corrected chi connectivity index (χ4v) is 3.18. The molecule has 1 aliphatic heterocycles. The Morgan fingerprint density at radius 2 is 2.00 bits per heavy atom. The van der Waals surface area contributed by atoms with Gasteiger partial charge in [0, 0.05) is 18.3 Å². The molecule has 1 saturated carbocycles. The fraction of sp³-hybridized carbons (Fsp3) is 0.562. The van der Waals surface area contributed by atoms with E-state index in [0.29, 0.717) is 16.6 Å². The smallest absolute Gasteiger partial charge is 0.101 e. The van der Waals surface area contributed by atoms with Gasteiger partial charge in [0.05, 0.1) is 10.6 Å². The van der Waals surface area contributed by atoms with Crippen molar-refractivity contribution in [2.45, 2.75) is 31.7 Å². The molecule has 1 aromatic carbocycles. The van der Waals surface area contributed by atoms with Gasteiger partial charge < -0.3 is 10.2 Å². The van der Waals surface area contributed by atoms with Gasteiger partial charge in [-0.05, 0) is 62.9 Å². The zero-order valence-electron chi connectivity index (χ0n) is 11.6. The third-order valence-electron chi connectivity index (χ3n) is 4.31. The van der Waals surface area contributed by atoms with Gasteiger partial charge >= 0.3 is 0 Å². The summed E-state index contributed by atoms with van der Waals surface area (Å²) in [6.45, 7) is 3.39. The normalized spacial score (nSPS) is 19.6. The summed E-state index contributed by atoms with van der Waals surface area (Å²) in [4.78, 5) is 2.50. The zero-order valence-corrected chi connectivity index (χ0v) is 12.4. The summed E-state index contributed by atoms with van der Waals surface area (Å²) in [7, 11) is 0. The van der Waals surface area contributed by atoms with Crippen LogP contribution in [0.3, 0.4) is 0 Å². The number of nitriles is 1. The van der Waals surface area contributed by atoms with E-state index in [9.17, 15) is 0 Å². The van der Waals surface area contributed by atoms with Gasteiger partial charge in [-0.3, -0.25) is 0 Å². The number of hydrogen-bond acceptors (Lipinski definition) is 3. The van der Waals surface area contributed by atoms with Crippen molar-refractivity contribution in [2.24, 2.45) is 5.92 Å². The molecule has 1 aromatic rings. The highest BCUT2D eigenvalue weighted by Crippen LogP contribution is 2.35. The predicted octanol–water partition coefficient (Wildman–Crippen LogP) is 3.18. The summed E-state index contributed by atoms with van der Waals surface area (Å²) < 4.78 is 0. The van der Waals surface area contributed by atoms with Crippen LogP contribution in [0.2, 0.25) is 5.02 Å². The number of rotatable bonds is 4. The van der Waals surface area contributed by atoms with Crippen LogP contribution < -0.4 is 10.2 Å². The van der Waals surface area contributed by atoms with Gasteiger partial charge in [-0.25, -0.2) is 0 Å². The summed E-state index contributed by atoms with van der Waals surface area (Å²) in [5.41, 5.74) is 1.74. The van der Waals surface area contributed by atoms with Gasteiger partial charge in [-0.2, -0.15) is 5.26 Å². The van der Waals surface area contributed by atoms with Crippen molar-refractivity contribution in [1.29, 1.82) is 5.26 Å². The molecule has 0 aromatic heterocycles. The van der Waals surface area contributed by atoms with E-state index in [1.165, 1.54) is 31.4 Å². The highest BCUT2D eigenvalue weighted by molar-refractivity contribution is 6.32. The van der Waals surface area contributed by atoms with Crippen molar-refractivity contribution >= 4 is 17.3 Å². The van der Waals surface area contributed by atoms with Gasteiger partial charge in [-0.1, -0.05) is 11.6 Å². The van der Waals surface area contributed by atoms with Crippen LogP contribution in [-0.2, 0) is 0 Å². The molecule has 0 radical (unpaired) electrons. The van der Waals surface area contributed by atoms with Crippen LogP contribution in [0, 0.1) is 17.2 Å². The number of benzene rings is 1. The molecular weight excluding hydrogens is 270 g/mol. The number of halogens is 1. The number of nitrogens with one attached hydrogen (secondary N) is 1. The van der Waals surface area contributed by atoms with Gasteiger partial charge in [0.25, 0.3) is 0 Å². The minimum Gasteiger partial charge on any atom is -0.368 e. The quantitative estimate of drug-likeness (QED) is 0.925. The van der Waals surface area contributed by atoms with Crippen LogP contribution in [0.5, 0.6) is 0 Å². The summed E-state index contributed by atoms with van der Waals surface area (Å²) in [5.74, 6) is 0.770. The minimum absolute atomic E-state index is 0.563. The molecule has 1 heterocycles. The Morgan fingerprint density at radius 3 is 2.60 bits per heavy atom. The van der Waals surface area contributed by atoms with Crippen LogP contribution in [0.25, 0.3) is 0 Å². The van der Waals surface area contributed by atoms with Crippen molar-refractivity contribution in [1.82, 2.24) is 5.32 Å². The molecule has 1 N–H and O–H groups in total. The second-order valence-electron chi connectivity index (χ2n) is 5.85. The van der Waals surface area contributed by atoms with Gasteiger partial charge in [0.15, 0.2) is 0 Å². The first-order chi connectivity index (χ1) is 9.78. The number of nitrogens with zero attached hydrogens (tertiary/aromatic N) is 2. The third kappa shape index (κ3) is 3.08. The highest BCUT2D eigenvalue weighted by Gasteiger charge is 2.31. The van der Waals surface area contributed by atoms with Crippen LogP contribution in [-0.4, -0.2) is 25.7 Å². The number of anilines is 1. The van der Waals surface area contributed by atoms with Crippen LogP contribution in [0.1, 0.15) is 31.2 Å². The Balaban J connectivity index is 1.76. The highest BCUT2D eigenvalue weighted by atomic mass is 35.5. The summed E-state index contributed by atoms with van der Waals surface area (Å²) in [6, 6.07) is 8.65. The van der Waals surface area contributed by atoms with Crippen molar-refractivity contribution < 1.29 is 0 Å². The van der Waals surface area contributed by atoms with Crippen molar-refractivity contribution in [3.05, 3.63) is 28.8 Å². The summed E-state index contributed by atoms with van der Waals surface area (Å²) in [6.07, 6.45) is 5.08. The topological polar surface area (TPSA) is 39.1 Å². The Bertz CT molecular complexity index is 513. The van der Waals surface area contributed by atoms with Crippen LogP contribution in [0.4, 0.5) is 5.69 Å². The average Bonchev–Trinajstić information content (AvgIpc) is 3.30. The van der Waals surface area contributed by atoms with E-state index in [0.717, 1.165) is 25.6 Å². The number of piperidine rings is 1. The molecule has 1 aliphatic carbocycles. The first-order valence-corrected chi connectivity index (χ1v) is 7.82. The number of hydrogen-bond donors (Lipinski definition) is 1. The Kier molecular flexibility index (Phi) is 4.14. The SMILES string of the molecule is N#Cc1ccc(N(CC2CCNCC2)C2CC2)cc1Cl. The predicted molar refractivity (Wildman–Crippen MR) is 82.1 cm³/mol. The van der Waals surface area contributed by atoms with Gasteiger partial charge in [-0.15, -0.1) is 0 Å². The Labute approximate surface area is 125 Å². The largest absolute Gasteiger partial charge is 0.368 e. The van der Waals surface area contributed by atoms with Crippen molar-refractivity contribution in [3.63, 3.8) is 0 Å². The van der Waals surface area contributed by atoms with Crippen LogP contribution in [0.15, 0.2) is 18.2 Å². The van der Waals surface area contributed by atoms with E-state index >= 15 is 0 Å². The fourth-order valence-electron chi connectivity index (χ4n) is 2.97. The molecule has 0 spiro atoms. The van der Waals surface area contributed by atoms with Crippen molar-refractivity contribution in [2.75, 3.05) is 24.5 Å². The molecule has 2 fully saturated rings. The maximum Gasteiger partial charge on any atom is 0.101 e. The van der Waals surface area contributed by atoms with E-state index in [1.54, 1.807) is 0 Å². The first kappa shape index (κ1) is 13.7. The van der Waals surface area contributed by atoms with E-state index in [2.05, 4.69) is 16.3 Å². The summed E-state index contributed by atoms with van der Waals surface area (Å²) >= 11 is 6.18. The molecule has 0 bridgehead atoms. The van der Waals surface area contributed by atoms with Crippen LogP contribution >= 0.6 is 11.6 Å². The Hall–Kier alpha value is -1.24. The molecule has 20 heavy (non-hydrogen) atoms. The van der Waals surface area contributed by atoms with Gasteiger partial charge in [0.1, 0.15) is 6.07 Å². The second-order valence-corrected chi connectivity index (χ2v) is 6.26. The minimum atomic E-state index is 0.563. The maximum atomic E-state index is 8.98. The molecule has 4 heteroatoms. The van der Waals surface area contributed by atoms with Crippen molar-refractivity contribution in [3.8, 4) is 6.07 Å². The molecule has 0 unspecified atom stereocenters. The molecular formula is C16H20ClN3.